The molecular weight excluding hydrogens is 270 g/mol. The van der Waals surface area contributed by atoms with E-state index >= 15 is 0 Å². The van der Waals surface area contributed by atoms with E-state index in [0.717, 1.165) is 11.3 Å². The van der Waals surface area contributed by atoms with Gasteiger partial charge in [-0.15, -0.1) is 0 Å². The third-order valence-corrected chi connectivity index (χ3v) is 8.13. The van der Waals surface area contributed by atoms with Gasteiger partial charge in [-0.2, -0.15) is 0 Å². The molecule has 0 aliphatic carbocycles. The molecule has 0 saturated carbocycles. The topological polar surface area (TPSA) is 47.6 Å². The summed E-state index contributed by atoms with van der Waals surface area (Å²) < 4.78 is 11.7. The maximum absolute atomic E-state index is 10.3. The zero-order chi connectivity index (χ0) is 15.4. The molecule has 0 saturated heterocycles. The lowest BCUT2D eigenvalue weighted by Crippen LogP contribution is -2.43. The molecule has 0 spiro atoms. The number of ether oxygens (including phenoxy) is 1. The Labute approximate surface area is 122 Å². The van der Waals surface area contributed by atoms with Gasteiger partial charge < -0.3 is 14.5 Å². The summed E-state index contributed by atoms with van der Waals surface area (Å²) in [5, 5.41) is 2.77. The standard InChI is InChI=1S/C15H25NO3Si/c1-15(2,3)20(5,6)19-13-8-7-12(10-16-11-17)9-14(13)18-4/h7-9,11H,10H2,1-6H3,(H,16,17). The third kappa shape index (κ3) is 4.00. The molecule has 112 valence electrons. The SMILES string of the molecule is COc1cc(CNC=O)ccc1O[Si](C)(C)C(C)(C)C. The van der Waals surface area contributed by atoms with Crippen molar-refractivity contribution in [1.82, 2.24) is 5.32 Å². The molecule has 0 atom stereocenters. The maximum atomic E-state index is 10.3. The minimum atomic E-state index is -1.89. The fourth-order valence-corrected chi connectivity index (χ4v) is 2.52. The first-order valence-corrected chi connectivity index (χ1v) is 9.65. The van der Waals surface area contributed by atoms with Crippen molar-refractivity contribution in [3.05, 3.63) is 23.8 Å². The van der Waals surface area contributed by atoms with Crippen LogP contribution in [0.15, 0.2) is 18.2 Å². The van der Waals surface area contributed by atoms with Crippen LogP contribution in [0.5, 0.6) is 11.5 Å². The van der Waals surface area contributed by atoms with Gasteiger partial charge in [-0.25, -0.2) is 0 Å². The van der Waals surface area contributed by atoms with Gasteiger partial charge in [0.05, 0.1) is 7.11 Å². The van der Waals surface area contributed by atoms with Crippen LogP contribution in [0.4, 0.5) is 0 Å². The fraction of sp³-hybridized carbons (Fsp3) is 0.533. The lowest BCUT2D eigenvalue weighted by molar-refractivity contribution is -0.109. The predicted molar refractivity (Wildman–Crippen MR) is 83.7 cm³/mol. The summed E-state index contributed by atoms with van der Waals surface area (Å²) >= 11 is 0. The summed E-state index contributed by atoms with van der Waals surface area (Å²) in [5.41, 5.74) is 0.983. The maximum Gasteiger partial charge on any atom is 0.250 e. The Morgan fingerprint density at radius 2 is 1.90 bits per heavy atom. The minimum absolute atomic E-state index is 0.135. The quantitative estimate of drug-likeness (QED) is 0.647. The molecule has 20 heavy (non-hydrogen) atoms. The van der Waals surface area contributed by atoms with Gasteiger partial charge in [-0.05, 0) is 35.8 Å². The second kappa shape index (κ2) is 6.30. The van der Waals surface area contributed by atoms with E-state index in [4.69, 9.17) is 9.16 Å². The van der Waals surface area contributed by atoms with Gasteiger partial charge in [-0.1, -0.05) is 26.8 Å². The van der Waals surface area contributed by atoms with Crippen LogP contribution >= 0.6 is 0 Å². The van der Waals surface area contributed by atoms with E-state index in [1.165, 1.54) is 0 Å². The van der Waals surface area contributed by atoms with Gasteiger partial charge in [0.2, 0.25) is 6.41 Å². The largest absolute Gasteiger partial charge is 0.541 e. The average Bonchev–Trinajstić information content (AvgIpc) is 2.35. The van der Waals surface area contributed by atoms with E-state index in [9.17, 15) is 4.79 Å². The number of carbonyl (C=O) groups excluding carboxylic acids is 1. The fourth-order valence-electron chi connectivity index (χ4n) is 1.49. The molecule has 0 bridgehead atoms. The lowest BCUT2D eigenvalue weighted by atomic mass is 10.2. The second-order valence-corrected chi connectivity index (χ2v) is 11.1. The highest BCUT2D eigenvalue weighted by Crippen LogP contribution is 2.40. The average molecular weight is 295 g/mol. The molecule has 1 amide bonds. The summed E-state index contributed by atoms with van der Waals surface area (Å²) in [5.74, 6) is 1.48. The highest BCUT2D eigenvalue weighted by atomic mass is 28.4. The molecule has 0 unspecified atom stereocenters. The molecule has 0 radical (unpaired) electrons. The lowest BCUT2D eigenvalue weighted by Gasteiger charge is -2.36. The molecule has 0 aliphatic heterocycles. The van der Waals surface area contributed by atoms with Crippen LogP contribution in [0, 0.1) is 0 Å². The molecule has 5 heteroatoms. The smallest absolute Gasteiger partial charge is 0.250 e. The zero-order valence-corrected chi connectivity index (χ0v) is 14.2. The molecule has 0 aliphatic rings. The van der Waals surface area contributed by atoms with E-state index in [1.807, 2.05) is 18.2 Å². The monoisotopic (exact) mass is 295 g/mol. The molecular formula is C15H25NO3Si. The van der Waals surface area contributed by atoms with Crippen molar-refractivity contribution in [2.75, 3.05) is 7.11 Å². The molecule has 0 heterocycles. The van der Waals surface area contributed by atoms with Crippen molar-refractivity contribution in [3.8, 4) is 11.5 Å². The van der Waals surface area contributed by atoms with Crippen LogP contribution in [-0.4, -0.2) is 21.8 Å². The Morgan fingerprint density at radius 1 is 1.25 bits per heavy atom. The van der Waals surface area contributed by atoms with Gasteiger partial charge >= 0.3 is 0 Å². The molecule has 1 N–H and O–H groups in total. The summed E-state index contributed by atoms with van der Waals surface area (Å²) in [6.07, 6.45) is 0.687. The highest BCUT2D eigenvalue weighted by Gasteiger charge is 2.39. The van der Waals surface area contributed by atoms with Gasteiger partial charge in [0, 0.05) is 6.54 Å². The summed E-state index contributed by atoms with van der Waals surface area (Å²) in [6.45, 7) is 11.5. The van der Waals surface area contributed by atoms with Gasteiger partial charge in [-0.3, -0.25) is 4.79 Å². The zero-order valence-electron chi connectivity index (χ0n) is 13.2. The van der Waals surface area contributed by atoms with Crippen LogP contribution in [0.1, 0.15) is 26.3 Å². The summed E-state index contributed by atoms with van der Waals surface area (Å²) in [6, 6.07) is 5.77. The number of carbonyl (C=O) groups is 1. The number of hydrogen-bond acceptors (Lipinski definition) is 3. The van der Waals surface area contributed by atoms with Crippen molar-refractivity contribution < 1.29 is 14.0 Å². The van der Waals surface area contributed by atoms with Gasteiger partial charge in [0.25, 0.3) is 8.32 Å². The van der Waals surface area contributed by atoms with E-state index in [0.29, 0.717) is 18.7 Å². The first kappa shape index (κ1) is 16.6. The first-order valence-electron chi connectivity index (χ1n) is 6.74. The molecule has 1 aromatic carbocycles. The molecule has 1 aromatic rings. The van der Waals surface area contributed by atoms with Crippen LogP contribution in [0.2, 0.25) is 18.1 Å². The predicted octanol–water partition coefficient (Wildman–Crippen LogP) is 3.33. The summed E-state index contributed by atoms with van der Waals surface area (Å²) in [7, 11) is -0.258. The third-order valence-electron chi connectivity index (χ3n) is 3.79. The molecule has 4 nitrogen and oxygen atoms in total. The van der Waals surface area contributed by atoms with Crippen molar-refractivity contribution in [2.45, 2.75) is 45.4 Å². The Bertz CT molecular complexity index is 467. The van der Waals surface area contributed by atoms with Gasteiger partial charge in [0.1, 0.15) is 5.75 Å². The molecule has 0 fully saturated rings. The Kier molecular flexibility index (Phi) is 5.22. The van der Waals surface area contributed by atoms with Crippen molar-refractivity contribution >= 4 is 14.7 Å². The Morgan fingerprint density at radius 3 is 2.40 bits per heavy atom. The van der Waals surface area contributed by atoms with E-state index in [-0.39, 0.29) is 5.04 Å². The van der Waals surface area contributed by atoms with E-state index < -0.39 is 8.32 Å². The number of nitrogens with one attached hydrogen (secondary N) is 1. The molecule has 0 aromatic heterocycles. The van der Waals surface area contributed by atoms with E-state index in [2.05, 4.69) is 39.2 Å². The number of hydrogen-bond donors (Lipinski definition) is 1. The minimum Gasteiger partial charge on any atom is -0.541 e. The summed E-state index contributed by atoms with van der Waals surface area (Å²) in [4.78, 5) is 10.3. The van der Waals surface area contributed by atoms with Crippen LogP contribution in [0.3, 0.4) is 0 Å². The molecule has 1 rings (SSSR count). The number of benzene rings is 1. The normalized spacial score (nSPS) is 11.9. The van der Waals surface area contributed by atoms with Crippen molar-refractivity contribution in [2.24, 2.45) is 0 Å². The van der Waals surface area contributed by atoms with Gasteiger partial charge in [0.15, 0.2) is 5.75 Å². The van der Waals surface area contributed by atoms with Crippen molar-refractivity contribution in [1.29, 1.82) is 0 Å². The van der Waals surface area contributed by atoms with Crippen LogP contribution in [0.25, 0.3) is 0 Å². The second-order valence-electron chi connectivity index (χ2n) is 6.35. The van der Waals surface area contributed by atoms with E-state index in [1.54, 1.807) is 7.11 Å². The van der Waals surface area contributed by atoms with Crippen LogP contribution in [-0.2, 0) is 11.3 Å². The Hall–Kier alpha value is -1.49. The van der Waals surface area contributed by atoms with Crippen LogP contribution < -0.4 is 14.5 Å². The Balaban J connectivity index is 2.99. The number of rotatable bonds is 6. The highest BCUT2D eigenvalue weighted by molar-refractivity contribution is 6.74. The first-order chi connectivity index (χ1) is 9.21. The number of amides is 1. The van der Waals surface area contributed by atoms with Crippen molar-refractivity contribution in [3.63, 3.8) is 0 Å². The number of methoxy groups -OCH3 is 1.